The van der Waals surface area contributed by atoms with Gasteiger partial charge in [0.1, 0.15) is 6.61 Å². The summed E-state index contributed by atoms with van der Waals surface area (Å²) in [6.07, 6.45) is 0.188. The van der Waals surface area contributed by atoms with E-state index in [2.05, 4.69) is 0 Å². The number of anilines is 1. The van der Waals surface area contributed by atoms with E-state index in [4.69, 9.17) is 16.3 Å². The fourth-order valence-corrected chi connectivity index (χ4v) is 2.82. The molecule has 0 bridgehead atoms. The van der Waals surface area contributed by atoms with Crippen molar-refractivity contribution in [3.05, 3.63) is 64.7 Å². The normalized spacial score (nSPS) is 17.2. The third kappa shape index (κ3) is 3.77. The summed E-state index contributed by atoms with van der Waals surface area (Å²) in [4.78, 5) is 26.1. The van der Waals surface area contributed by atoms with Crippen LogP contribution in [0, 0.1) is 12.8 Å². The minimum atomic E-state index is -0.425. The van der Waals surface area contributed by atoms with Crippen LogP contribution < -0.4 is 4.90 Å². The molecule has 1 saturated heterocycles. The first kappa shape index (κ1) is 16.5. The summed E-state index contributed by atoms with van der Waals surface area (Å²) in [7, 11) is 0. The van der Waals surface area contributed by atoms with Crippen LogP contribution in [0.15, 0.2) is 48.5 Å². The predicted octanol–water partition coefficient (Wildman–Crippen LogP) is 3.74. The van der Waals surface area contributed by atoms with Gasteiger partial charge in [-0.1, -0.05) is 41.4 Å². The number of aryl methyl sites for hydroxylation is 1. The molecule has 0 aliphatic carbocycles. The van der Waals surface area contributed by atoms with Gasteiger partial charge in [0, 0.05) is 23.7 Å². The number of amides is 1. The van der Waals surface area contributed by atoms with Gasteiger partial charge in [0.2, 0.25) is 5.91 Å². The number of carbonyl (C=O) groups is 2. The van der Waals surface area contributed by atoms with Crippen LogP contribution in [0.5, 0.6) is 0 Å². The number of nitrogens with zero attached hydrogens (tertiary/aromatic N) is 1. The molecule has 2 aromatic carbocycles. The first-order valence-electron chi connectivity index (χ1n) is 7.81. The van der Waals surface area contributed by atoms with Crippen molar-refractivity contribution in [1.82, 2.24) is 0 Å². The number of rotatable bonds is 4. The van der Waals surface area contributed by atoms with Gasteiger partial charge < -0.3 is 9.64 Å². The fourth-order valence-electron chi connectivity index (χ4n) is 2.69. The molecule has 124 valence electrons. The molecule has 4 nitrogen and oxygen atoms in total. The van der Waals surface area contributed by atoms with E-state index in [0.717, 1.165) is 16.8 Å². The Labute approximate surface area is 146 Å². The third-order valence-corrected chi connectivity index (χ3v) is 4.35. The van der Waals surface area contributed by atoms with Crippen LogP contribution in [-0.2, 0) is 20.9 Å². The lowest BCUT2D eigenvalue weighted by atomic mass is 10.1. The number of carbonyl (C=O) groups excluding carboxylic acids is 2. The molecular weight excluding hydrogens is 326 g/mol. The van der Waals surface area contributed by atoms with Crippen LogP contribution in [0.3, 0.4) is 0 Å². The van der Waals surface area contributed by atoms with Crippen molar-refractivity contribution in [3.63, 3.8) is 0 Å². The Hall–Kier alpha value is -2.33. The van der Waals surface area contributed by atoms with Crippen molar-refractivity contribution in [2.45, 2.75) is 20.0 Å². The van der Waals surface area contributed by atoms with Crippen molar-refractivity contribution in [3.8, 4) is 0 Å². The summed E-state index contributed by atoms with van der Waals surface area (Å²) in [5.74, 6) is -0.814. The summed E-state index contributed by atoms with van der Waals surface area (Å²) in [5.41, 5.74) is 2.82. The second-order valence-corrected chi connectivity index (χ2v) is 6.41. The van der Waals surface area contributed by atoms with Gasteiger partial charge in [0.15, 0.2) is 0 Å². The molecular formula is C19H18ClNO3. The van der Waals surface area contributed by atoms with Crippen molar-refractivity contribution in [1.29, 1.82) is 0 Å². The van der Waals surface area contributed by atoms with Crippen LogP contribution in [0.1, 0.15) is 17.5 Å². The van der Waals surface area contributed by atoms with Crippen molar-refractivity contribution in [2.24, 2.45) is 5.92 Å². The first-order valence-corrected chi connectivity index (χ1v) is 8.19. The van der Waals surface area contributed by atoms with E-state index in [9.17, 15) is 9.59 Å². The van der Waals surface area contributed by atoms with Crippen LogP contribution in [-0.4, -0.2) is 18.4 Å². The van der Waals surface area contributed by atoms with Gasteiger partial charge in [0.05, 0.1) is 5.92 Å². The van der Waals surface area contributed by atoms with E-state index in [1.54, 1.807) is 17.0 Å². The average Bonchev–Trinajstić information content (AvgIpc) is 2.97. The molecule has 0 radical (unpaired) electrons. The first-order chi connectivity index (χ1) is 11.5. The molecule has 1 fully saturated rings. The molecule has 0 unspecified atom stereocenters. The number of ether oxygens (including phenoxy) is 1. The summed E-state index contributed by atoms with van der Waals surface area (Å²) in [6, 6.07) is 14.8. The van der Waals surface area contributed by atoms with Crippen LogP contribution >= 0.6 is 11.6 Å². The van der Waals surface area contributed by atoms with Gasteiger partial charge in [0.25, 0.3) is 0 Å². The van der Waals surface area contributed by atoms with Gasteiger partial charge in [-0.15, -0.1) is 0 Å². The zero-order valence-corrected chi connectivity index (χ0v) is 14.1. The number of benzene rings is 2. The molecule has 0 spiro atoms. The summed E-state index contributed by atoms with van der Waals surface area (Å²) in [5, 5.41) is 0.639. The van der Waals surface area contributed by atoms with E-state index < -0.39 is 5.92 Å². The molecule has 3 rings (SSSR count). The lowest BCUT2D eigenvalue weighted by Crippen LogP contribution is -2.26. The highest BCUT2D eigenvalue weighted by molar-refractivity contribution is 6.30. The molecule has 2 aromatic rings. The Balaban J connectivity index is 1.59. The third-order valence-electron chi connectivity index (χ3n) is 4.10. The Kier molecular flexibility index (Phi) is 4.86. The van der Waals surface area contributed by atoms with Crippen LogP contribution in [0.4, 0.5) is 5.69 Å². The van der Waals surface area contributed by atoms with E-state index in [1.807, 2.05) is 43.3 Å². The van der Waals surface area contributed by atoms with E-state index in [-0.39, 0.29) is 24.9 Å². The molecule has 1 atom stereocenters. The fraction of sp³-hybridized carbons (Fsp3) is 0.263. The maximum atomic E-state index is 12.2. The van der Waals surface area contributed by atoms with Crippen molar-refractivity contribution < 1.29 is 14.3 Å². The average molecular weight is 344 g/mol. The quantitative estimate of drug-likeness (QED) is 0.794. The summed E-state index contributed by atoms with van der Waals surface area (Å²) in [6.45, 7) is 2.54. The molecule has 5 heteroatoms. The molecule has 0 aromatic heterocycles. The lowest BCUT2D eigenvalue weighted by Gasteiger charge is -2.16. The molecule has 0 saturated carbocycles. The number of halogens is 1. The highest BCUT2D eigenvalue weighted by Crippen LogP contribution is 2.26. The zero-order valence-electron chi connectivity index (χ0n) is 13.4. The number of hydrogen-bond donors (Lipinski definition) is 0. The maximum absolute atomic E-state index is 12.2. The van der Waals surface area contributed by atoms with Crippen molar-refractivity contribution in [2.75, 3.05) is 11.4 Å². The van der Waals surface area contributed by atoms with Crippen LogP contribution in [0.2, 0.25) is 5.02 Å². The van der Waals surface area contributed by atoms with Crippen molar-refractivity contribution >= 4 is 29.2 Å². The number of esters is 1. The second-order valence-electron chi connectivity index (χ2n) is 5.98. The highest BCUT2D eigenvalue weighted by atomic mass is 35.5. The zero-order chi connectivity index (χ0) is 17.1. The Morgan fingerprint density at radius 3 is 2.50 bits per heavy atom. The Morgan fingerprint density at radius 2 is 1.83 bits per heavy atom. The monoisotopic (exact) mass is 343 g/mol. The standard InChI is InChI=1S/C19H18ClNO3/c1-13-2-8-17(9-3-13)21-11-15(10-18(21)22)19(23)24-12-14-4-6-16(20)7-5-14/h2-9,15H,10-12H2,1H3/t15-/m1/s1. The van der Waals surface area contributed by atoms with Gasteiger partial charge >= 0.3 is 5.97 Å². The van der Waals surface area contributed by atoms with E-state index in [1.165, 1.54) is 0 Å². The summed E-state index contributed by atoms with van der Waals surface area (Å²) < 4.78 is 5.34. The summed E-state index contributed by atoms with van der Waals surface area (Å²) >= 11 is 5.83. The van der Waals surface area contributed by atoms with Gasteiger partial charge in [-0.3, -0.25) is 9.59 Å². The minimum absolute atomic E-state index is 0.0488. The lowest BCUT2D eigenvalue weighted by molar-refractivity contribution is -0.149. The molecule has 1 amide bonds. The van der Waals surface area contributed by atoms with E-state index >= 15 is 0 Å². The topological polar surface area (TPSA) is 46.6 Å². The smallest absolute Gasteiger partial charge is 0.311 e. The molecule has 1 aliphatic rings. The highest BCUT2D eigenvalue weighted by Gasteiger charge is 2.36. The molecule has 24 heavy (non-hydrogen) atoms. The van der Waals surface area contributed by atoms with E-state index in [0.29, 0.717) is 11.6 Å². The molecule has 1 aliphatic heterocycles. The molecule has 1 heterocycles. The Morgan fingerprint density at radius 1 is 1.17 bits per heavy atom. The van der Waals surface area contributed by atoms with Gasteiger partial charge in [-0.2, -0.15) is 0 Å². The van der Waals surface area contributed by atoms with Crippen LogP contribution in [0.25, 0.3) is 0 Å². The largest absolute Gasteiger partial charge is 0.461 e. The van der Waals surface area contributed by atoms with Gasteiger partial charge in [-0.25, -0.2) is 0 Å². The second kappa shape index (κ2) is 7.05. The predicted molar refractivity (Wildman–Crippen MR) is 92.9 cm³/mol. The Bertz CT molecular complexity index is 740. The minimum Gasteiger partial charge on any atom is -0.461 e. The SMILES string of the molecule is Cc1ccc(N2C[C@H](C(=O)OCc3ccc(Cl)cc3)CC2=O)cc1. The van der Waals surface area contributed by atoms with Gasteiger partial charge in [-0.05, 0) is 36.8 Å². The number of hydrogen-bond acceptors (Lipinski definition) is 3. The molecule has 0 N–H and O–H groups in total. The maximum Gasteiger partial charge on any atom is 0.311 e.